The topological polar surface area (TPSA) is 75.6 Å². The van der Waals surface area contributed by atoms with E-state index < -0.39 is 12.0 Å². The second kappa shape index (κ2) is 8.41. The van der Waals surface area contributed by atoms with Gasteiger partial charge in [0.25, 0.3) is 0 Å². The van der Waals surface area contributed by atoms with Crippen LogP contribution in [0.5, 0.6) is 5.75 Å². The molecule has 1 amide bonds. The molecule has 2 N–H and O–H groups in total. The van der Waals surface area contributed by atoms with Crippen LogP contribution in [-0.2, 0) is 16.0 Å². The van der Waals surface area contributed by atoms with Gasteiger partial charge in [0.05, 0.1) is 13.0 Å². The number of rotatable bonds is 8. The summed E-state index contributed by atoms with van der Waals surface area (Å²) in [7, 11) is 0. The molecule has 122 valence electrons. The van der Waals surface area contributed by atoms with Gasteiger partial charge in [-0.05, 0) is 29.5 Å². The van der Waals surface area contributed by atoms with Crippen molar-refractivity contribution in [3.63, 3.8) is 0 Å². The monoisotopic (exact) mass is 307 g/mol. The third kappa shape index (κ3) is 6.16. The lowest BCUT2D eigenvalue weighted by molar-refractivity contribution is -0.143. The van der Waals surface area contributed by atoms with Crippen LogP contribution in [0.2, 0.25) is 0 Å². The predicted molar refractivity (Wildman–Crippen MR) is 84.9 cm³/mol. The number of benzene rings is 1. The molecule has 0 aliphatic heterocycles. The lowest BCUT2D eigenvalue weighted by Gasteiger charge is -2.17. The van der Waals surface area contributed by atoms with E-state index in [0.717, 1.165) is 11.3 Å². The minimum Gasteiger partial charge on any atom is -0.493 e. The normalized spacial score (nSPS) is 12.3. The van der Waals surface area contributed by atoms with E-state index in [-0.39, 0.29) is 18.2 Å². The minimum absolute atomic E-state index is 0.154. The summed E-state index contributed by atoms with van der Waals surface area (Å²) >= 11 is 0. The van der Waals surface area contributed by atoms with Crippen molar-refractivity contribution in [2.45, 2.75) is 40.2 Å². The quantitative estimate of drug-likeness (QED) is 0.773. The molecule has 5 heteroatoms. The molecule has 1 atom stereocenters. The van der Waals surface area contributed by atoms with Crippen molar-refractivity contribution in [2.24, 2.45) is 11.8 Å². The van der Waals surface area contributed by atoms with Gasteiger partial charge in [-0.15, -0.1) is 0 Å². The number of carbonyl (C=O) groups excluding carboxylic acids is 1. The summed E-state index contributed by atoms with van der Waals surface area (Å²) in [6.07, 6.45) is 0.154. The van der Waals surface area contributed by atoms with E-state index in [9.17, 15) is 9.59 Å². The van der Waals surface area contributed by atoms with Gasteiger partial charge in [-0.25, -0.2) is 4.79 Å². The molecular formula is C17H25NO4. The number of carbonyl (C=O) groups is 2. The van der Waals surface area contributed by atoms with E-state index in [2.05, 4.69) is 19.2 Å². The van der Waals surface area contributed by atoms with Crippen LogP contribution in [0.25, 0.3) is 0 Å². The average molecular weight is 307 g/mol. The van der Waals surface area contributed by atoms with Gasteiger partial charge < -0.3 is 15.2 Å². The molecule has 1 aromatic rings. The van der Waals surface area contributed by atoms with Crippen LogP contribution in [0, 0.1) is 11.8 Å². The number of hydrogen-bond acceptors (Lipinski definition) is 3. The second-order valence-electron chi connectivity index (χ2n) is 6.15. The highest BCUT2D eigenvalue weighted by Gasteiger charge is 2.23. The third-order valence-corrected chi connectivity index (χ3v) is 3.12. The third-order valence-electron chi connectivity index (χ3n) is 3.12. The first kappa shape index (κ1) is 18.0. The highest BCUT2D eigenvalue weighted by atomic mass is 16.5. The fourth-order valence-corrected chi connectivity index (χ4v) is 1.89. The molecule has 0 saturated carbocycles. The highest BCUT2D eigenvalue weighted by Crippen LogP contribution is 2.14. The molecule has 1 aromatic carbocycles. The van der Waals surface area contributed by atoms with Gasteiger partial charge in [0, 0.05) is 0 Å². The van der Waals surface area contributed by atoms with Crippen molar-refractivity contribution in [1.82, 2.24) is 5.32 Å². The van der Waals surface area contributed by atoms with Crippen LogP contribution >= 0.6 is 0 Å². The molecule has 0 radical (unpaired) electrons. The Kier molecular flexibility index (Phi) is 6.89. The van der Waals surface area contributed by atoms with Crippen molar-refractivity contribution in [1.29, 1.82) is 0 Å². The number of carboxylic acids is 1. The van der Waals surface area contributed by atoms with Gasteiger partial charge >= 0.3 is 5.97 Å². The van der Waals surface area contributed by atoms with Gasteiger partial charge in [0.2, 0.25) is 5.91 Å². The summed E-state index contributed by atoms with van der Waals surface area (Å²) in [5, 5.41) is 11.6. The Labute approximate surface area is 131 Å². The van der Waals surface area contributed by atoms with E-state index in [1.807, 2.05) is 24.3 Å². The zero-order chi connectivity index (χ0) is 16.7. The summed E-state index contributed by atoms with van der Waals surface area (Å²) in [6, 6.07) is 6.42. The first-order valence-corrected chi connectivity index (χ1v) is 7.53. The fourth-order valence-electron chi connectivity index (χ4n) is 1.89. The zero-order valence-corrected chi connectivity index (χ0v) is 13.6. The number of carboxylic acid groups (broad SMARTS) is 1. The molecule has 0 aliphatic carbocycles. The largest absolute Gasteiger partial charge is 0.493 e. The molecule has 0 bridgehead atoms. The Morgan fingerprint density at radius 2 is 1.73 bits per heavy atom. The zero-order valence-electron chi connectivity index (χ0n) is 13.6. The molecule has 0 unspecified atom stereocenters. The smallest absolute Gasteiger partial charge is 0.326 e. The Morgan fingerprint density at radius 1 is 1.14 bits per heavy atom. The van der Waals surface area contributed by atoms with E-state index >= 15 is 0 Å². The SMILES string of the molecule is CC(C)COc1ccc(CC(=O)N[C@@H](C(=O)O)C(C)C)cc1. The van der Waals surface area contributed by atoms with Crippen LogP contribution in [0.1, 0.15) is 33.3 Å². The average Bonchev–Trinajstić information content (AvgIpc) is 2.43. The van der Waals surface area contributed by atoms with Crippen molar-refractivity contribution in [3.8, 4) is 5.75 Å². The molecular weight excluding hydrogens is 282 g/mol. The molecule has 0 aliphatic rings. The molecule has 22 heavy (non-hydrogen) atoms. The lowest BCUT2D eigenvalue weighted by Crippen LogP contribution is -2.44. The highest BCUT2D eigenvalue weighted by molar-refractivity contribution is 5.85. The van der Waals surface area contributed by atoms with Crippen molar-refractivity contribution in [2.75, 3.05) is 6.61 Å². The molecule has 5 nitrogen and oxygen atoms in total. The molecule has 0 fully saturated rings. The molecule has 0 aromatic heterocycles. The van der Waals surface area contributed by atoms with Crippen molar-refractivity contribution in [3.05, 3.63) is 29.8 Å². The summed E-state index contributed by atoms with van der Waals surface area (Å²) in [5.74, 6) is -0.246. The van der Waals surface area contributed by atoms with Gasteiger partial charge in [-0.2, -0.15) is 0 Å². The van der Waals surface area contributed by atoms with E-state index in [1.165, 1.54) is 0 Å². The maximum atomic E-state index is 11.9. The standard InChI is InChI=1S/C17H25NO4/c1-11(2)10-22-14-7-5-13(6-8-14)9-15(19)18-16(12(3)4)17(20)21/h5-8,11-12,16H,9-10H2,1-4H3,(H,18,19)(H,20,21)/t16-/m1/s1. The first-order valence-electron chi connectivity index (χ1n) is 7.53. The fraction of sp³-hybridized carbons (Fsp3) is 0.529. The summed E-state index contributed by atoms with van der Waals surface area (Å²) < 4.78 is 5.58. The van der Waals surface area contributed by atoms with Crippen LogP contribution in [-0.4, -0.2) is 29.6 Å². The Balaban J connectivity index is 2.55. The van der Waals surface area contributed by atoms with E-state index in [1.54, 1.807) is 13.8 Å². The van der Waals surface area contributed by atoms with Crippen LogP contribution in [0.3, 0.4) is 0 Å². The van der Waals surface area contributed by atoms with Crippen molar-refractivity contribution >= 4 is 11.9 Å². The van der Waals surface area contributed by atoms with E-state index in [0.29, 0.717) is 12.5 Å². The number of ether oxygens (including phenoxy) is 1. The summed E-state index contributed by atoms with van der Waals surface area (Å²) in [5.41, 5.74) is 0.822. The molecule has 1 rings (SSSR count). The lowest BCUT2D eigenvalue weighted by atomic mass is 10.0. The maximum absolute atomic E-state index is 11.9. The maximum Gasteiger partial charge on any atom is 0.326 e. The number of amides is 1. The first-order chi connectivity index (χ1) is 10.3. The van der Waals surface area contributed by atoms with Gasteiger partial charge in [0.15, 0.2) is 0 Å². The predicted octanol–water partition coefficient (Wildman–Crippen LogP) is 2.49. The van der Waals surface area contributed by atoms with Crippen LogP contribution in [0.15, 0.2) is 24.3 Å². The molecule has 0 spiro atoms. The number of aliphatic carboxylic acids is 1. The van der Waals surface area contributed by atoms with Crippen LogP contribution in [0.4, 0.5) is 0 Å². The van der Waals surface area contributed by atoms with Gasteiger partial charge in [-0.3, -0.25) is 4.79 Å². The van der Waals surface area contributed by atoms with Gasteiger partial charge in [-0.1, -0.05) is 39.8 Å². The van der Waals surface area contributed by atoms with Crippen LogP contribution < -0.4 is 10.1 Å². The second-order valence-corrected chi connectivity index (χ2v) is 6.15. The Hall–Kier alpha value is -2.04. The summed E-state index contributed by atoms with van der Waals surface area (Å²) in [4.78, 5) is 23.0. The number of hydrogen-bond donors (Lipinski definition) is 2. The Morgan fingerprint density at radius 3 is 2.18 bits per heavy atom. The van der Waals surface area contributed by atoms with Gasteiger partial charge in [0.1, 0.15) is 11.8 Å². The molecule has 0 heterocycles. The molecule has 0 saturated heterocycles. The van der Waals surface area contributed by atoms with E-state index in [4.69, 9.17) is 9.84 Å². The minimum atomic E-state index is -1.01. The van der Waals surface area contributed by atoms with Crippen molar-refractivity contribution < 1.29 is 19.4 Å². The Bertz CT molecular complexity index is 494. The summed E-state index contributed by atoms with van der Waals surface area (Å²) in [6.45, 7) is 8.33. The number of nitrogens with one attached hydrogen (secondary N) is 1.